The van der Waals surface area contributed by atoms with Crippen LogP contribution in [0.25, 0.3) is 0 Å². The van der Waals surface area contributed by atoms with Crippen molar-refractivity contribution in [2.45, 2.75) is 12.8 Å². The molecular weight excluding hydrogens is 392 g/mol. The van der Waals surface area contributed by atoms with Gasteiger partial charge in [-0.2, -0.15) is 0 Å². The molecule has 0 aliphatic carbocycles. The number of piperazine rings is 1. The van der Waals surface area contributed by atoms with Crippen LogP contribution >= 0.6 is 11.6 Å². The van der Waals surface area contributed by atoms with Crippen molar-refractivity contribution in [3.63, 3.8) is 0 Å². The minimum Gasteiger partial charge on any atom is -0.493 e. The van der Waals surface area contributed by atoms with Crippen LogP contribution in [0.5, 0.6) is 17.2 Å². The maximum atomic E-state index is 12.7. The molecule has 3 rings (SSSR count). The minimum atomic E-state index is 0.162. The largest absolute Gasteiger partial charge is 0.493 e. The molecule has 0 saturated carbocycles. The molecule has 2 aromatic carbocycles. The highest BCUT2D eigenvalue weighted by Gasteiger charge is 2.21. The van der Waals surface area contributed by atoms with E-state index in [-0.39, 0.29) is 5.91 Å². The van der Waals surface area contributed by atoms with Gasteiger partial charge in [-0.15, -0.1) is 0 Å². The summed E-state index contributed by atoms with van der Waals surface area (Å²) >= 11 is 5.96. The SMILES string of the molecule is COc1cc(CCC(=O)N2CCN(c3ccc(Cl)cc3)CC2)cc(OC)c1OC. The average molecular weight is 419 g/mol. The number of carbonyl (C=O) groups is 1. The standard InChI is InChI=1S/C22H27ClN2O4/c1-27-19-14-16(15-20(28-2)22(19)29-3)4-9-21(26)25-12-10-24(11-13-25)18-7-5-17(23)6-8-18/h5-8,14-15H,4,9-13H2,1-3H3. The highest BCUT2D eigenvalue weighted by molar-refractivity contribution is 6.30. The van der Waals surface area contributed by atoms with Crippen molar-refractivity contribution in [1.82, 2.24) is 4.90 Å². The summed E-state index contributed by atoms with van der Waals surface area (Å²) < 4.78 is 16.1. The molecule has 0 radical (unpaired) electrons. The molecule has 0 N–H and O–H groups in total. The van der Waals surface area contributed by atoms with Crippen molar-refractivity contribution in [2.75, 3.05) is 52.4 Å². The first-order chi connectivity index (χ1) is 14.0. The smallest absolute Gasteiger partial charge is 0.223 e. The second-order valence-corrected chi connectivity index (χ2v) is 7.31. The first-order valence-corrected chi connectivity index (χ1v) is 10.0. The van der Waals surface area contributed by atoms with Crippen molar-refractivity contribution >= 4 is 23.2 Å². The van der Waals surface area contributed by atoms with Gasteiger partial charge in [-0.05, 0) is 48.4 Å². The van der Waals surface area contributed by atoms with E-state index in [2.05, 4.69) is 4.90 Å². The molecule has 2 aromatic rings. The van der Waals surface area contributed by atoms with Crippen LogP contribution in [-0.2, 0) is 11.2 Å². The highest BCUT2D eigenvalue weighted by atomic mass is 35.5. The lowest BCUT2D eigenvalue weighted by molar-refractivity contribution is -0.131. The maximum Gasteiger partial charge on any atom is 0.223 e. The fourth-order valence-corrected chi connectivity index (χ4v) is 3.68. The van der Waals surface area contributed by atoms with Crippen molar-refractivity contribution in [3.05, 3.63) is 47.0 Å². The summed E-state index contributed by atoms with van der Waals surface area (Å²) in [7, 11) is 4.76. The number of rotatable bonds is 7. The molecule has 1 heterocycles. The van der Waals surface area contributed by atoms with Crippen molar-refractivity contribution < 1.29 is 19.0 Å². The van der Waals surface area contributed by atoms with Crippen LogP contribution < -0.4 is 19.1 Å². The van der Waals surface area contributed by atoms with Gasteiger partial charge in [-0.25, -0.2) is 0 Å². The van der Waals surface area contributed by atoms with Crippen LogP contribution in [0, 0.1) is 0 Å². The number of ether oxygens (including phenoxy) is 3. The quantitative estimate of drug-likeness (QED) is 0.687. The molecule has 7 heteroatoms. The van der Waals surface area contributed by atoms with Crippen molar-refractivity contribution in [1.29, 1.82) is 0 Å². The average Bonchev–Trinajstić information content (AvgIpc) is 2.77. The molecule has 0 bridgehead atoms. The van der Waals surface area contributed by atoms with E-state index in [1.807, 2.05) is 41.3 Å². The zero-order valence-corrected chi connectivity index (χ0v) is 17.9. The van der Waals surface area contributed by atoms with Gasteiger partial charge >= 0.3 is 0 Å². The second kappa shape index (κ2) is 9.74. The van der Waals surface area contributed by atoms with Gasteiger partial charge < -0.3 is 24.0 Å². The van der Waals surface area contributed by atoms with Gasteiger partial charge in [-0.1, -0.05) is 11.6 Å². The first-order valence-electron chi connectivity index (χ1n) is 9.63. The molecule has 0 atom stereocenters. The maximum absolute atomic E-state index is 12.7. The van der Waals surface area contributed by atoms with Gasteiger partial charge in [0, 0.05) is 43.3 Å². The van der Waals surface area contributed by atoms with E-state index in [9.17, 15) is 4.79 Å². The van der Waals surface area contributed by atoms with Crippen LogP contribution in [0.2, 0.25) is 5.02 Å². The number of benzene rings is 2. The molecule has 29 heavy (non-hydrogen) atoms. The molecular formula is C22H27ClN2O4. The van der Waals surface area contributed by atoms with Gasteiger partial charge in [0.15, 0.2) is 11.5 Å². The number of aryl methyl sites for hydroxylation is 1. The fraction of sp³-hybridized carbons (Fsp3) is 0.409. The molecule has 0 unspecified atom stereocenters. The van der Waals surface area contributed by atoms with E-state index in [1.54, 1.807) is 21.3 Å². The number of hydrogen-bond donors (Lipinski definition) is 0. The fourth-order valence-electron chi connectivity index (χ4n) is 3.56. The molecule has 1 aliphatic rings. The molecule has 1 fully saturated rings. The highest BCUT2D eigenvalue weighted by Crippen LogP contribution is 2.38. The van der Waals surface area contributed by atoms with Crippen molar-refractivity contribution in [2.24, 2.45) is 0 Å². The molecule has 0 spiro atoms. The number of halogens is 1. The zero-order chi connectivity index (χ0) is 20.8. The molecule has 6 nitrogen and oxygen atoms in total. The Labute approximate surface area is 176 Å². The Balaban J connectivity index is 1.56. The predicted octanol–water partition coefficient (Wildman–Crippen LogP) is 3.65. The van der Waals surface area contributed by atoms with Crippen LogP contribution in [0.4, 0.5) is 5.69 Å². The number of amides is 1. The Hall–Kier alpha value is -2.60. The second-order valence-electron chi connectivity index (χ2n) is 6.88. The topological polar surface area (TPSA) is 51.2 Å². The summed E-state index contributed by atoms with van der Waals surface area (Å²) in [6.45, 7) is 3.07. The van der Waals surface area contributed by atoms with Crippen molar-refractivity contribution in [3.8, 4) is 17.2 Å². The summed E-state index contributed by atoms with van der Waals surface area (Å²) in [5, 5.41) is 0.731. The van der Waals surface area contributed by atoms with Gasteiger partial charge in [-0.3, -0.25) is 4.79 Å². The molecule has 0 aromatic heterocycles. The first kappa shape index (κ1) is 21.1. The Kier molecular flexibility index (Phi) is 7.09. The van der Waals surface area contributed by atoms with E-state index < -0.39 is 0 Å². The number of carbonyl (C=O) groups excluding carboxylic acids is 1. The number of anilines is 1. The minimum absolute atomic E-state index is 0.162. The lowest BCUT2D eigenvalue weighted by Crippen LogP contribution is -2.48. The van der Waals surface area contributed by atoms with E-state index in [0.29, 0.717) is 30.1 Å². The molecule has 1 amide bonds. The van der Waals surface area contributed by atoms with E-state index in [1.165, 1.54) is 0 Å². The monoisotopic (exact) mass is 418 g/mol. The van der Waals surface area contributed by atoms with Gasteiger partial charge in [0.2, 0.25) is 11.7 Å². The third-order valence-corrected chi connectivity index (χ3v) is 5.43. The molecule has 156 valence electrons. The van der Waals surface area contributed by atoms with Gasteiger partial charge in [0.25, 0.3) is 0 Å². The normalized spacial score (nSPS) is 13.9. The van der Waals surface area contributed by atoms with E-state index in [0.717, 1.165) is 42.5 Å². The lowest BCUT2D eigenvalue weighted by atomic mass is 10.1. The zero-order valence-electron chi connectivity index (χ0n) is 17.1. The van der Waals surface area contributed by atoms with E-state index >= 15 is 0 Å². The summed E-state index contributed by atoms with van der Waals surface area (Å²) in [5.41, 5.74) is 2.12. The Bertz CT molecular complexity index is 808. The lowest BCUT2D eigenvalue weighted by Gasteiger charge is -2.36. The summed E-state index contributed by atoms with van der Waals surface area (Å²) in [4.78, 5) is 16.9. The predicted molar refractivity (Wildman–Crippen MR) is 115 cm³/mol. The number of nitrogens with zero attached hydrogens (tertiary/aromatic N) is 2. The summed E-state index contributed by atoms with van der Waals surface area (Å²) in [6, 6.07) is 11.6. The molecule has 1 saturated heterocycles. The summed E-state index contributed by atoms with van der Waals surface area (Å²) in [5.74, 6) is 1.93. The third-order valence-electron chi connectivity index (χ3n) is 5.18. The Morgan fingerprint density at radius 1 is 0.931 bits per heavy atom. The van der Waals surface area contributed by atoms with Gasteiger partial charge in [0.05, 0.1) is 21.3 Å². The number of methoxy groups -OCH3 is 3. The van der Waals surface area contributed by atoms with Crippen LogP contribution in [0.1, 0.15) is 12.0 Å². The Morgan fingerprint density at radius 3 is 2.03 bits per heavy atom. The Morgan fingerprint density at radius 2 is 1.52 bits per heavy atom. The summed E-state index contributed by atoms with van der Waals surface area (Å²) in [6.07, 6.45) is 1.06. The van der Waals surface area contributed by atoms with Crippen LogP contribution in [0.15, 0.2) is 36.4 Å². The van der Waals surface area contributed by atoms with Crippen LogP contribution in [-0.4, -0.2) is 58.3 Å². The number of hydrogen-bond acceptors (Lipinski definition) is 5. The van der Waals surface area contributed by atoms with Gasteiger partial charge in [0.1, 0.15) is 0 Å². The van der Waals surface area contributed by atoms with Crippen LogP contribution in [0.3, 0.4) is 0 Å². The third kappa shape index (κ3) is 5.07. The molecule has 1 aliphatic heterocycles. The van der Waals surface area contributed by atoms with E-state index in [4.69, 9.17) is 25.8 Å².